The molecule has 0 bridgehead atoms. The number of amides is 1. The molecule has 0 saturated carbocycles. The molecule has 1 amide bonds. The molecule has 0 aliphatic rings. The number of hydrogen-bond acceptors (Lipinski definition) is 2. The van der Waals surface area contributed by atoms with Crippen molar-refractivity contribution in [1.29, 1.82) is 0 Å². The molecule has 1 heterocycles. The van der Waals surface area contributed by atoms with Crippen LogP contribution in [-0.2, 0) is 11.3 Å². The topological polar surface area (TPSA) is 46.9 Å². The summed E-state index contributed by atoms with van der Waals surface area (Å²) in [5.41, 5.74) is 5.43. The first-order chi connectivity index (χ1) is 11.0. The first-order valence-electron chi connectivity index (χ1n) is 7.82. The lowest BCUT2D eigenvalue weighted by atomic mass is 10.1. The van der Waals surface area contributed by atoms with Crippen LogP contribution in [0.2, 0.25) is 0 Å². The SMILES string of the molecule is Cc1cc(C)cc(NC(=O)CCn2ncc3cccc(C)c32)c1. The number of aryl methyl sites for hydroxylation is 4. The Kier molecular flexibility index (Phi) is 4.15. The van der Waals surface area contributed by atoms with Crippen molar-refractivity contribution in [2.45, 2.75) is 33.7 Å². The fourth-order valence-corrected chi connectivity index (χ4v) is 2.98. The smallest absolute Gasteiger partial charge is 0.226 e. The van der Waals surface area contributed by atoms with Crippen LogP contribution < -0.4 is 5.32 Å². The minimum absolute atomic E-state index is 0.00670. The van der Waals surface area contributed by atoms with Gasteiger partial charge in [-0.15, -0.1) is 0 Å². The van der Waals surface area contributed by atoms with Gasteiger partial charge in [-0.05, 0) is 49.6 Å². The molecule has 0 atom stereocenters. The Morgan fingerprint density at radius 2 is 1.87 bits per heavy atom. The molecular formula is C19H21N3O. The summed E-state index contributed by atoms with van der Waals surface area (Å²) < 4.78 is 1.91. The second-order valence-corrected chi connectivity index (χ2v) is 6.06. The Balaban J connectivity index is 1.69. The average molecular weight is 307 g/mol. The minimum atomic E-state index is 0.00670. The predicted molar refractivity (Wildman–Crippen MR) is 93.6 cm³/mol. The van der Waals surface area contributed by atoms with Crippen LogP contribution in [0.4, 0.5) is 5.69 Å². The highest BCUT2D eigenvalue weighted by Crippen LogP contribution is 2.18. The van der Waals surface area contributed by atoms with Gasteiger partial charge in [-0.25, -0.2) is 0 Å². The van der Waals surface area contributed by atoms with E-state index in [1.807, 2.05) is 49.0 Å². The van der Waals surface area contributed by atoms with Gasteiger partial charge in [0.2, 0.25) is 5.91 Å². The van der Waals surface area contributed by atoms with Crippen molar-refractivity contribution in [3.63, 3.8) is 0 Å². The molecule has 118 valence electrons. The van der Waals surface area contributed by atoms with Gasteiger partial charge >= 0.3 is 0 Å². The summed E-state index contributed by atoms with van der Waals surface area (Å²) in [7, 11) is 0. The van der Waals surface area contributed by atoms with Gasteiger partial charge in [0, 0.05) is 17.5 Å². The van der Waals surface area contributed by atoms with Gasteiger partial charge in [-0.1, -0.05) is 24.3 Å². The maximum absolute atomic E-state index is 12.2. The highest BCUT2D eigenvalue weighted by molar-refractivity contribution is 5.91. The second kappa shape index (κ2) is 6.24. The van der Waals surface area contributed by atoms with Gasteiger partial charge < -0.3 is 5.32 Å². The third kappa shape index (κ3) is 3.42. The van der Waals surface area contributed by atoms with Gasteiger partial charge in [-0.3, -0.25) is 9.48 Å². The first-order valence-corrected chi connectivity index (χ1v) is 7.82. The van der Waals surface area contributed by atoms with Crippen molar-refractivity contribution in [1.82, 2.24) is 9.78 Å². The van der Waals surface area contributed by atoms with Gasteiger partial charge in [-0.2, -0.15) is 5.10 Å². The maximum atomic E-state index is 12.2. The summed E-state index contributed by atoms with van der Waals surface area (Å²) in [5.74, 6) is 0.00670. The number of carbonyl (C=O) groups excluding carboxylic acids is 1. The van der Waals surface area contributed by atoms with Crippen LogP contribution in [-0.4, -0.2) is 15.7 Å². The van der Waals surface area contributed by atoms with Crippen molar-refractivity contribution in [3.8, 4) is 0 Å². The van der Waals surface area contributed by atoms with Gasteiger partial charge in [0.05, 0.1) is 18.3 Å². The number of nitrogens with one attached hydrogen (secondary N) is 1. The lowest BCUT2D eigenvalue weighted by Gasteiger charge is -2.09. The van der Waals surface area contributed by atoms with E-state index in [9.17, 15) is 4.79 Å². The van der Waals surface area contributed by atoms with E-state index in [2.05, 4.69) is 29.5 Å². The molecule has 4 nitrogen and oxygen atoms in total. The molecule has 0 spiro atoms. The lowest BCUT2D eigenvalue weighted by Crippen LogP contribution is -2.15. The quantitative estimate of drug-likeness (QED) is 0.792. The van der Waals surface area contributed by atoms with Crippen molar-refractivity contribution in [2.24, 2.45) is 0 Å². The van der Waals surface area contributed by atoms with E-state index in [1.54, 1.807) is 0 Å². The standard InChI is InChI=1S/C19H21N3O/c1-13-9-14(2)11-17(10-13)21-18(23)7-8-22-19-15(3)5-4-6-16(19)12-20-22/h4-6,9-12H,7-8H2,1-3H3,(H,21,23). The number of hydrogen-bond donors (Lipinski definition) is 1. The van der Waals surface area contributed by atoms with Crippen LogP contribution in [0.15, 0.2) is 42.6 Å². The molecule has 3 rings (SSSR count). The zero-order valence-electron chi connectivity index (χ0n) is 13.8. The van der Waals surface area contributed by atoms with E-state index < -0.39 is 0 Å². The molecule has 4 heteroatoms. The summed E-state index contributed by atoms with van der Waals surface area (Å²) in [6, 6.07) is 12.2. The Bertz CT molecular complexity index is 844. The number of aromatic nitrogens is 2. The predicted octanol–water partition coefficient (Wildman–Crippen LogP) is 3.99. The first kappa shape index (κ1) is 15.3. The zero-order chi connectivity index (χ0) is 16.4. The molecule has 0 aliphatic heterocycles. The van der Waals surface area contributed by atoms with Crippen molar-refractivity contribution in [3.05, 3.63) is 59.3 Å². The van der Waals surface area contributed by atoms with Gasteiger partial charge in [0.1, 0.15) is 0 Å². The Morgan fingerprint density at radius 1 is 1.13 bits per heavy atom. The average Bonchev–Trinajstić information content (AvgIpc) is 2.88. The highest BCUT2D eigenvalue weighted by Gasteiger charge is 2.08. The molecule has 23 heavy (non-hydrogen) atoms. The minimum Gasteiger partial charge on any atom is -0.326 e. The Hall–Kier alpha value is -2.62. The normalized spacial score (nSPS) is 10.9. The molecule has 0 fully saturated rings. The summed E-state index contributed by atoms with van der Waals surface area (Å²) >= 11 is 0. The number of fused-ring (bicyclic) bond motifs is 1. The molecule has 0 radical (unpaired) electrons. The van der Waals surface area contributed by atoms with E-state index in [0.29, 0.717) is 13.0 Å². The lowest BCUT2D eigenvalue weighted by molar-refractivity contribution is -0.116. The Labute approximate surface area is 136 Å². The molecule has 2 aromatic carbocycles. The third-order valence-electron chi connectivity index (χ3n) is 3.92. The van der Waals surface area contributed by atoms with Gasteiger partial charge in [0.25, 0.3) is 0 Å². The Morgan fingerprint density at radius 3 is 2.61 bits per heavy atom. The zero-order valence-corrected chi connectivity index (χ0v) is 13.8. The van der Waals surface area contributed by atoms with Gasteiger partial charge in [0.15, 0.2) is 0 Å². The molecule has 0 saturated heterocycles. The monoisotopic (exact) mass is 307 g/mol. The fraction of sp³-hybridized carbons (Fsp3) is 0.263. The van der Waals surface area contributed by atoms with E-state index in [4.69, 9.17) is 0 Å². The van der Waals surface area contributed by atoms with Crippen LogP contribution in [0.1, 0.15) is 23.1 Å². The van der Waals surface area contributed by atoms with Crippen LogP contribution >= 0.6 is 0 Å². The van der Waals surface area contributed by atoms with E-state index in [-0.39, 0.29) is 5.91 Å². The summed E-state index contributed by atoms with van der Waals surface area (Å²) in [6.07, 6.45) is 2.25. The number of anilines is 1. The molecule has 0 unspecified atom stereocenters. The maximum Gasteiger partial charge on any atom is 0.226 e. The third-order valence-corrected chi connectivity index (χ3v) is 3.92. The number of rotatable bonds is 4. The number of nitrogens with zero attached hydrogens (tertiary/aromatic N) is 2. The van der Waals surface area contributed by atoms with Crippen LogP contribution in [0.25, 0.3) is 10.9 Å². The summed E-state index contributed by atoms with van der Waals surface area (Å²) in [4.78, 5) is 12.2. The fourth-order valence-electron chi connectivity index (χ4n) is 2.98. The molecular weight excluding hydrogens is 286 g/mol. The second-order valence-electron chi connectivity index (χ2n) is 6.06. The van der Waals surface area contributed by atoms with Crippen LogP contribution in [0, 0.1) is 20.8 Å². The molecule has 1 aromatic heterocycles. The van der Waals surface area contributed by atoms with E-state index in [0.717, 1.165) is 27.7 Å². The molecule has 0 aliphatic carbocycles. The summed E-state index contributed by atoms with van der Waals surface area (Å²) in [5, 5.41) is 8.48. The number of para-hydroxylation sites is 1. The van der Waals surface area contributed by atoms with Crippen LogP contribution in [0.5, 0.6) is 0 Å². The van der Waals surface area contributed by atoms with Crippen molar-refractivity contribution in [2.75, 3.05) is 5.32 Å². The van der Waals surface area contributed by atoms with Crippen molar-refractivity contribution < 1.29 is 4.79 Å². The van der Waals surface area contributed by atoms with Crippen molar-refractivity contribution >= 4 is 22.5 Å². The number of benzene rings is 2. The number of carbonyl (C=O) groups is 1. The largest absolute Gasteiger partial charge is 0.326 e. The molecule has 3 aromatic rings. The highest BCUT2D eigenvalue weighted by atomic mass is 16.1. The van der Waals surface area contributed by atoms with E-state index in [1.165, 1.54) is 5.56 Å². The van der Waals surface area contributed by atoms with E-state index >= 15 is 0 Å². The van der Waals surface area contributed by atoms with Crippen LogP contribution in [0.3, 0.4) is 0 Å². The summed E-state index contributed by atoms with van der Waals surface area (Å²) in [6.45, 7) is 6.70. The molecule has 1 N–H and O–H groups in total.